The van der Waals surface area contributed by atoms with Crippen LogP contribution in [-0.2, 0) is 14.6 Å². The predicted octanol–water partition coefficient (Wildman–Crippen LogP) is 1.35. The summed E-state index contributed by atoms with van der Waals surface area (Å²) in [7, 11) is -3.39. The molecule has 0 bridgehead atoms. The summed E-state index contributed by atoms with van der Waals surface area (Å²) < 4.78 is 24.1. The van der Waals surface area contributed by atoms with Crippen LogP contribution in [0.3, 0.4) is 0 Å². The molecular weight excluding hydrogens is 238 g/mol. The number of amides is 1. The molecule has 1 amide bonds. The molecule has 2 rings (SSSR count). The lowest BCUT2D eigenvalue weighted by atomic mass is 10.2. The Bertz CT molecular complexity index is 519. The number of rotatable bonds is 3. The van der Waals surface area contributed by atoms with Crippen molar-refractivity contribution in [3.8, 4) is 0 Å². The highest BCUT2D eigenvalue weighted by Crippen LogP contribution is 2.17. The topological polar surface area (TPSA) is 54.5 Å². The van der Waals surface area contributed by atoms with Crippen LogP contribution in [0.4, 0.5) is 0 Å². The van der Waals surface area contributed by atoms with Gasteiger partial charge in [-0.3, -0.25) is 4.79 Å². The molecule has 17 heavy (non-hydrogen) atoms. The van der Waals surface area contributed by atoms with Gasteiger partial charge in [0, 0.05) is 13.0 Å². The van der Waals surface area contributed by atoms with Gasteiger partial charge < -0.3 is 4.90 Å². The maximum atomic E-state index is 12.1. The number of hydrogen-bond acceptors (Lipinski definition) is 3. The maximum absolute atomic E-state index is 12.1. The largest absolute Gasteiger partial charge is 0.328 e. The van der Waals surface area contributed by atoms with Gasteiger partial charge >= 0.3 is 0 Å². The molecule has 0 aliphatic carbocycles. The number of carbonyl (C=O) groups is 1. The first-order valence-corrected chi connectivity index (χ1v) is 7.21. The zero-order chi connectivity index (χ0) is 12.5. The fourth-order valence-electron chi connectivity index (χ4n) is 1.87. The third-order valence-corrected chi connectivity index (χ3v) is 4.52. The number of aryl methyl sites for hydroxylation is 1. The number of likely N-dealkylation sites (tertiary alicyclic amines) is 1. The van der Waals surface area contributed by atoms with Crippen molar-refractivity contribution in [1.82, 2.24) is 4.90 Å². The van der Waals surface area contributed by atoms with Gasteiger partial charge in [-0.05, 0) is 25.5 Å². The Morgan fingerprint density at radius 2 is 1.88 bits per heavy atom. The summed E-state index contributed by atoms with van der Waals surface area (Å²) in [5, 5.41) is 0. The van der Waals surface area contributed by atoms with Crippen molar-refractivity contribution in [2.24, 2.45) is 0 Å². The van der Waals surface area contributed by atoms with Crippen molar-refractivity contribution in [2.45, 2.75) is 24.7 Å². The number of hydrogen-bond donors (Lipinski definition) is 0. The molecule has 0 unspecified atom stereocenters. The van der Waals surface area contributed by atoms with Crippen LogP contribution < -0.4 is 0 Å². The first-order valence-electron chi connectivity index (χ1n) is 5.56. The van der Waals surface area contributed by atoms with Crippen LogP contribution in [0, 0.1) is 6.92 Å². The minimum Gasteiger partial charge on any atom is -0.328 e. The maximum Gasteiger partial charge on any atom is 0.223 e. The Morgan fingerprint density at radius 3 is 2.41 bits per heavy atom. The third-order valence-electron chi connectivity index (χ3n) is 2.88. The van der Waals surface area contributed by atoms with E-state index in [9.17, 15) is 13.2 Å². The highest BCUT2D eigenvalue weighted by molar-refractivity contribution is 7.91. The van der Waals surface area contributed by atoms with E-state index in [1.165, 1.54) is 4.90 Å². The summed E-state index contributed by atoms with van der Waals surface area (Å²) in [6, 6.07) is 6.70. The summed E-state index contributed by atoms with van der Waals surface area (Å²) >= 11 is 0. The lowest BCUT2D eigenvalue weighted by molar-refractivity contribution is -0.126. The fraction of sp³-hybridized carbons (Fsp3) is 0.417. The van der Waals surface area contributed by atoms with Gasteiger partial charge in [0.15, 0.2) is 9.84 Å². The number of nitrogens with zero attached hydrogens (tertiary/aromatic N) is 1. The van der Waals surface area contributed by atoms with E-state index in [1.54, 1.807) is 24.3 Å². The van der Waals surface area contributed by atoms with Crippen molar-refractivity contribution in [1.29, 1.82) is 0 Å². The molecular formula is C12H15NO3S. The first-order chi connectivity index (χ1) is 7.99. The molecule has 1 heterocycles. The normalized spacial score (nSPS) is 16.5. The average Bonchev–Trinajstić information content (AvgIpc) is 2.64. The van der Waals surface area contributed by atoms with Crippen LogP contribution in [0.1, 0.15) is 18.4 Å². The quantitative estimate of drug-likeness (QED) is 0.817. The minimum absolute atomic E-state index is 0.0688. The van der Waals surface area contributed by atoms with Crippen LogP contribution in [0.25, 0.3) is 0 Å². The van der Waals surface area contributed by atoms with E-state index < -0.39 is 9.84 Å². The molecule has 1 aliphatic heterocycles. The second-order valence-electron chi connectivity index (χ2n) is 4.32. The van der Waals surface area contributed by atoms with Gasteiger partial charge in [0.2, 0.25) is 5.91 Å². The van der Waals surface area contributed by atoms with Gasteiger partial charge in [-0.15, -0.1) is 0 Å². The SMILES string of the molecule is Cc1ccc(S(=O)(=O)CN2CCCC2=O)cc1. The van der Waals surface area contributed by atoms with E-state index in [4.69, 9.17) is 0 Å². The van der Waals surface area contributed by atoms with Crippen molar-refractivity contribution >= 4 is 15.7 Å². The molecule has 0 N–H and O–H groups in total. The minimum atomic E-state index is -3.39. The molecule has 0 spiro atoms. The van der Waals surface area contributed by atoms with E-state index in [0.717, 1.165) is 12.0 Å². The zero-order valence-corrected chi connectivity index (χ0v) is 10.5. The van der Waals surface area contributed by atoms with E-state index >= 15 is 0 Å². The van der Waals surface area contributed by atoms with Gasteiger partial charge in [-0.1, -0.05) is 17.7 Å². The monoisotopic (exact) mass is 253 g/mol. The molecule has 1 saturated heterocycles. The van der Waals surface area contributed by atoms with Crippen LogP contribution in [0.15, 0.2) is 29.2 Å². The molecule has 5 heteroatoms. The lowest BCUT2D eigenvalue weighted by Gasteiger charge is -2.15. The van der Waals surface area contributed by atoms with Gasteiger partial charge in [-0.2, -0.15) is 0 Å². The van der Waals surface area contributed by atoms with Gasteiger partial charge in [0.25, 0.3) is 0 Å². The van der Waals surface area contributed by atoms with Crippen LogP contribution >= 0.6 is 0 Å². The Hall–Kier alpha value is -1.36. The third kappa shape index (κ3) is 2.66. The summed E-state index contributed by atoms with van der Waals surface area (Å²) in [6.07, 6.45) is 1.21. The lowest BCUT2D eigenvalue weighted by Crippen LogP contribution is -2.30. The molecule has 4 nitrogen and oxygen atoms in total. The highest BCUT2D eigenvalue weighted by Gasteiger charge is 2.26. The molecule has 1 aliphatic rings. The molecule has 0 aromatic heterocycles. The highest BCUT2D eigenvalue weighted by atomic mass is 32.2. The molecule has 0 atom stereocenters. The molecule has 1 fully saturated rings. The summed E-state index contributed by atoms with van der Waals surface area (Å²) in [5.41, 5.74) is 1.01. The standard InChI is InChI=1S/C12H15NO3S/c1-10-4-6-11(7-5-10)17(15,16)9-13-8-2-3-12(13)14/h4-7H,2-3,8-9H2,1H3. The summed E-state index contributed by atoms with van der Waals surface area (Å²) in [4.78, 5) is 13.1. The van der Waals surface area contributed by atoms with Gasteiger partial charge in [0.05, 0.1) is 4.90 Å². The van der Waals surface area contributed by atoms with Crippen molar-refractivity contribution < 1.29 is 13.2 Å². The van der Waals surface area contributed by atoms with Gasteiger partial charge in [-0.25, -0.2) is 8.42 Å². The Kier molecular flexibility index (Phi) is 3.19. The van der Waals surface area contributed by atoms with Crippen LogP contribution in [0.5, 0.6) is 0 Å². The summed E-state index contributed by atoms with van der Waals surface area (Å²) in [6.45, 7) is 2.45. The molecule has 1 aromatic rings. The number of benzene rings is 1. The van der Waals surface area contributed by atoms with E-state index in [1.807, 2.05) is 6.92 Å². The fourth-order valence-corrected chi connectivity index (χ4v) is 3.25. The van der Waals surface area contributed by atoms with E-state index in [2.05, 4.69) is 0 Å². The van der Waals surface area contributed by atoms with E-state index in [0.29, 0.717) is 13.0 Å². The van der Waals surface area contributed by atoms with E-state index in [-0.39, 0.29) is 16.7 Å². The molecule has 0 radical (unpaired) electrons. The van der Waals surface area contributed by atoms with Crippen molar-refractivity contribution in [3.63, 3.8) is 0 Å². The number of carbonyl (C=O) groups excluding carboxylic acids is 1. The zero-order valence-electron chi connectivity index (χ0n) is 9.72. The Balaban J connectivity index is 2.19. The second kappa shape index (κ2) is 4.49. The molecule has 92 valence electrons. The molecule has 1 aromatic carbocycles. The van der Waals surface area contributed by atoms with Crippen molar-refractivity contribution in [3.05, 3.63) is 29.8 Å². The van der Waals surface area contributed by atoms with Gasteiger partial charge in [0.1, 0.15) is 5.88 Å². The second-order valence-corrected chi connectivity index (χ2v) is 6.28. The Labute approximate surface area is 101 Å². The smallest absolute Gasteiger partial charge is 0.223 e. The average molecular weight is 253 g/mol. The van der Waals surface area contributed by atoms with Crippen LogP contribution in [-0.4, -0.2) is 31.6 Å². The first kappa shape index (κ1) is 12.1. The number of sulfone groups is 1. The predicted molar refractivity (Wildman–Crippen MR) is 64.2 cm³/mol. The van der Waals surface area contributed by atoms with Crippen LogP contribution in [0.2, 0.25) is 0 Å². The molecule has 0 saturated carbocycles. The summed E-state index contributed by atoms with van der Waals surface area (Å²) in [5.74, 6) is -0.268. The Morgan fingerprint density at radius 1 is 1.24 bits per heavy atom. The van der Waals surface area contributed by atoms with Crippen molar-refractivity contribution in [2.75, 3.05) is 12.4 Å².